The average molecular weight is 506 g/mol. The highest BCUT2D eigenvalue weighted by Crippen LogP contribution is 2.36. The summed E-state index contributed by atoms with van der Waals surface area (Å²) in [5.74, 6) is 0.784. The normalized spacial score (nSPS) is 23.0. The van der Waals surface area contributed by atoms with E-state index >= 15 is 0 Å². The van der Waals surface area contributed by atoms with Crippen LogP contribution >= 0.6 is 0 Å². The Labute approximate surface area is 221 Å². The van der Waals surface area contributed by atoms with E-state index in [0.29, 0.717) is 25.3 Å². The third-order valence-electron chi connectivity index (χ3n) is 9.06. The molecule has 1 saturated carbocycles. The van der Waals surface area contributed by atoms with Gasteiger partial charge in [0.15, 0.2) is 0 Å². The molecular formula is C30H43N5O2. The second kappa shape index (κ2) is 11.0. The molecule has 37 heavy (non-hydrogen) atoms. The van der Waals surface area contributed by atoms with Crippen molar-refractivity contribution < 1.29 is 9.59 Å². The first-order valence-corrected chi connectivity index (χ1v) is 14.4. The first-order valence-electron chi connectivity index (χ1n) is 14.4. The van der Waals surface area contributed by atoms with Crippen LogP contribution in [0.4, 0.5) is 0 Å². The van der Waals surface area contributed by atoms with Crippen molar-refractivity contribution in [1.82, 2.24) is 24.9 Å². The van der Waals surface area contributed by atoms with Crippen LogP contribution in [0.2, 0.25) is 0 Å². The van der Waals surface area contributed by atoms with Crippen LogP contribution in [0.1, 0.15) is 81.7 Å². The highest BCUT2D eigenvalue weighted by Gasteiger charge is 2.53. The lowest BCUT2D eigenvalue weighted by atomic mass is 9.79. The van der Waals surface area contributed by atoms with E-state index in [0.717, 1.165) is 49.6 Å². The maximum atomic E-state index is 13.7. The van der Waals surface area contributed by atoms with Gasteiger partial charge in [-0.05, 0) is 57.6 Å². The second-order valence-electron chi connectivity index (χ2n) is 11.5. The molecule has 7 heteroatoms. The number of nitrogens with zero attached hydrogens (tertiary/aromatic N) is 4. The summed E-state index contributed by atoms with van der Waals surface area (Å²) in [7, 11) is 0. The number of hydrogen-bond acceptors (Lipinski definition) is 4. The molecule has 1 atom stereocenters. The fourth-order valence-electron chi connectivity index (χ4n) is 6.87. The molecule has 0 bridgehead atoms. The number of para-hydroxylation sites is 1. The number of piperidine rings is 1. The Balaban J connectivity index is 1.27. The number of amides is 2. The number of hydrogen-bond donors (Lipinski definition) is 1. The van der Waals surface area contributed by atoms with Gasteiger partial charge < -0.3 is 10.2 Å². The number of aromatic nitrogens is 2. The Morgan fingerprint density at radius 3 is 2.41 bits per heavy atom. The van der Waals surface area contributed by atoms with Crippen LogP contribution in [-0.4, -0.2) is 62.6 Å². The zero-order valence-corrected chi connectivity index (χ0v) is 22.8. The largest absolute Gasteiger partial charge is 0.342 e. The molecule has 1 spiro atoms. The molecule has 1 aromatic heterocycles. The summed E-state index contributed by atoms with van der Waals surface area (Å²) in [5, 5.41) is 8.02. The van der Waals surface area contributed by atoms with Gasteiger partial charge in [0.2, 0.25) is 11.8 Å². The predicted octanol–water partition coefficient (Wildman–Crippen LogP) is 4.53. The molecule has 1 N–H and O–H groups in total. The molecule has 2 aliphatic heterocycles. The average Bonchev–Trinajstić information content (AvgIpc) is 3.20. The van der Waals surface area contributed by atoms with Crippen LogP contribution in [0.5, 0.6) is 0 Å². The number of likely N-dealkylation sites (tertiary alicyclic amines) is 1. The van der Waals surface area contributed by atoms with Gasteiger partial charge in [-0.15, -0.1) is 0 Å². The zero-order valence-electron chi connectivity index (χ0n) is 22.8. The molecule has 0 unspecified atom stereocenters. The number of benzene rings is 1. The molecule has 3 aliphatic rings. The minimum atomic E-state index is -0.703. The van der Waals surface area contributed by atoms with Gasteiger partial charge in [-0.25, -0.2) is 4.68 Å². The Hall–Kier alpha value is -2.67. The number of rotatable bonds is 7. The molecule has 2 amide bonds. The monoisotopic (exact) mass is 505 g/mol. The lowest BCUT2D eigenvalue weighted by Gasteiger charge is -2.52. The first kappa shape index (κ1) is 26.0. The number of piperazine rings is 1. The SMILES string of the molecule is CCCN1C(=O)[C@@H](CC2CCCCC2)NC(=O)C12CCN(Cc1c(C)nn(-c3ccccc3)c1C)CC2. The van der Waals surface area contributed by atoms with E-state index in [4.69, 9.17) is 5.10 Å². The molecule has 1 aromatic carbocycles. The highest BCUT2D eigenvalue weighted by molar-refractivity contribution is 6.00. The Bertz CT molecular complexity index is 1100. The summed E-state index contributed by atoms with van der Waals surface area (Å²) >= 11 is 0. The zero-order chi connectivity index (χ0) is 26.0. The molecular weight excluding hydrogens is 462 g/mol. The van der Waals surface area contributed by atoms with Crippen LogP contribution in [0.25, 0.3) is 5.69 Å². The molecule has 7 nitrogen and oxygen atoms in total. The maximum absolute atomic E-state index is 13.7. The van der Waals surface area contributed by atoms with Crippen molar-refractivity contribution in [2.24, 2.45) is 5.92 Å². The van der Waals surface area contributed by atoms with Crippen molar-refractivity contribution in [1.29, 1.82) is 0 Å². The van der Waals surface area contributed by atoms with E-state index in [1.165, 1.54) is 37.7 Å². The van der Waals surface area contributed by atoms with Gasteiger partial charge in [-0.2, -0.15) is 5.10 Å². The molecule has 0 radical (unpaired) electrons. The van der Waals surface area contributed by atoms with E-state index in [-0.39, 0.29) is 17.9 Å². The van der Waals surface area contributed by atoms with Gasteiger partial charge in [-0.3, -0.25) is 14.5 Å². The molecule has 2 saturated heterocycles. The molecule has 2 aromatic rings. The second-order valence-corrected chi connectivity index (χ2v) is 11.5. The number of carbonyl (C=O) groups is 2. The quantitative estimate of drug-likeness (QED) is 0.600. The summed E-state index contributed by atoms with van der Waals surface area (Å²) in [6.07, 6.45) is 9.23. The van der Waals surface area contributed by atoms with Gasteiger partial charge in [0, 0.05) is 37.4 Å². The van der Waals surface area contributed by atoms with Crippen LogP contribution in [0, 0.1) is 19.8 Å². The smallest absolute Gasteiger partial charge is 0.246 e. The lowest BCUT2D eigenvalue weighted by molar-refractivity contribution is -0.162. The van der Waals surface area contributed by atoms with Crippen LogP contribution in [-0.2, 0) is 16.1 Å². The summed E-state index contributed by atoms with van der Waals surface area (Å²) in [6.45, 7) is 9.39. The maximum Gasteiger partial charge on any atom is 0.246 e. The Morgan fingerprint density at radius 1 is 1.03 bits per heavy atom. The van der Waals surface area contributed by atoms with Crippen molar-refractivity contribution in [2.45, 2.75) is 96.7 Å². The first-order chi connectivity index (χ1) is 17.9. The van der Waals surface area contributed by atoms with Crippen molar-refractivity contribution in [3.63, 3.8) is 0 Å². The van der Waals surface area contributed by atoms with Gasteiger partial charge in [0.1, 0.15) is 11.6 Å². The van der Waals surface area contributed by atoms with E-state index in [2.05, 4.69) is 43.1 Å². The molecule has 3 heterocycles. The van der Waals surface area contributed by atoms with E-state index in [1.54, 1.807) is 0 Å². The third kappa shape index (κ3) is 5.07. The minimum Gasteiger partial charge on any atom is -0.342 e. The van der Waals surface area contributed by atoms with Crippen molar-refractivity contribution in [3.05, 3.63) is 47.3 Å². The van der Waals surface area contributed by atoms with Crippen LogP contribution < -0.4 is 5.32 Å². The lowest BCUT2D eigenvalue weighted by Crippen LogP contribution is -2.73. The van der Waals surface area contributed by atoms with E-state index < -0.39 is 5.54 Å². The number of aryl methyl sites for hydroxylation is 1. The molecule has 3 fully saturated rings. The number of carbonyl (C=O) groups excluding carboxylic acids is 2. The Morgan fingerprint density at radius 2 is 1.73 bits per heavy atom. The molecule has 5 rings (SSSR count). The standard InChI is InChI=1S/C30H43N5O2/c1-4-17-34-28(36)27(20-24-11-7-5-8-12-24)31-29(37)30(34)15-18-33(19-16-30)21-26-22(2)32-35(23(26)3)25-13-9-6-10-14-25/h6,9-10,13-14,24,27H,4-5,7-8,11-12,15-21H2,1-3H3,(H,31,37)/t27-/m1/s1. The van der Waals surface area contributed by atoms with Gasteiger partial charge in [-0.1, -0.05) is 57.2 Å². The topological polar surface area (TPSA) is 70.5 Å². The third-order valence-corrected chi connectivity index (χ3v) is 9.06. The summed E-state index contributed by atoms with van der Waals surface area (Å²) in [4.78, 5) is 31.7. The van der Waals surface area contributed by atoms with Crippen molar-refractivity contribution in [3.8, 4) is 5.69 Å². The van der Waals surface area contributed by atoms with E-state index in [9.17, 15) is 9.59 Å². The summed E-state index contributed by atoms with van der Waals surface area (Å²) < 4.78 is 2.03. The Kier molecular flexibility index (Phi) is 7.70. The molecule has 1 aliphatic carbocycles. The summed E-state index contributed by atoms with van der Waals surface area (Å²) in [5.41, 5.74) is 3.83. The van der Waals surface area contributed by atoms with Crippen molar-refractivity contribution >= 4 is 11.8 Å². The molecule has 200 valence electrons. The number of nitrogens with one attached hydrogen (secondary N) is 1. The fourth-order valence-corrected chi connectivity index (χ4v) is 6.87. The highest BCUT2D eigenvalue weighted by atomic mass is 16.2. The van der Waals surface area contributed by atoms with E-state index in [1.807, 2.05) is 27.8 Å². The van der Waals surface area contributed by atoms with Gasteiger partial charge >= 0.3 is 0 Å². The predicted molar refractivity (Wildman–Crippen MR) is 145 cm³/mol. The van der Waals surface area contributed by atoms with Crippen molar-refractivity contribution in [2.75, 3.05) is 19.6 Å². The fraction of sp³-hybridized carbons (Fsp3) is 0.633. The van der Waals surface area contributed by atoms with Crippen LogP contribution in [0.3, 0.4) is 0 Å². The van der Waals surface area contributed by atoms with Gasteiger partial charge in [0.05, 0.1) is 11.4 Å². The summed E-state index contributed by atoms with van der Waals surface area (Å²) in [6, 6.07) is 9.90. The van der Waals surface area contributed by atoms with Gasteiger partial charge in [0.25, 0.3) is 0 Å². The van der Waals surface area contributed by atoms with Crippen LogP contribution in [0.15, 0.2) is 30.3 Å². The minimum absolute atomic E-state index is 0.0743.